The van der Waals surface area contributed by atoms with Crippen LogP contribution in [0.5, 0.6) is 11.5 Å². The normalized spacial score (nSPS) is 21.6. The number of carbonyl (C=O) groups excluding carboxylic acids is 4. The SMILES string of the molecule is C=CC1CC1N(C(=O)NS(=O)(=O)C1CCCCC1)C(=O)C1CC(Oc2cc(-c3ccccc3)nc3cc(OC)ccc23)CN1C(=O)C(NC(=O)OC(C)(C)C)C(C)(C)C. The molecule has 1 aliphatic heterocycles. The number of nitrogens with one attached hydrogen (secondary N) is 2. The number of hydrogen-bond acceptors (Lipinski definition) is 10. The maximum atomic E-state index is 15.0. The number of aromatic nitrogens is 1. The highest BCUT2D eigenvalue weighted by atomic mass is 32.2. The molecule has 0 spiro atoms. The molecule has 15 heteroatoms. The van der Waals surface area contributed by atoms with Crippen molar-refractivity contribution in [2.45, 2.75) is 122 Å². The van der Waals surface area contributed by atoms with E-state index in [1.54, 1.807) is 66.9 Å². The van der Waals surface area contributed by atoms with Crippen molar-refractivity contribution in [1.82, 2.24) is 24.8 Å². The van der Waals surface area contributed by atoms with Gasteiger partial charge in [0.1, 0.15) is 35.3 Å². The maximum Gasteiger partial charge on any atom is 0.408 e. The molecule has 2 saturated carbocycles. The summed E-state index contributed by atoms with van der Waals surface area (Å²) in [5.74, 6) is -0.560. The van der Waals surface area contributed by atoms with Gasteiger partial charge in [0.15, 0.2) is 0 Å². The highest BCUT2D eigenvalue weighted by Crippen LogP contribution is 2.40. The molecule has 1 aromatic heterocycles. The Bertz CT molecular complexity index is 2180. The number of nitrogens with zero attached hydrogens (tertiary/aromatic N) is 3. The Hall–Kier alpha value is -5.18. The lowest BCUT2D eigenvalue weighted by Crippen LogP contribution is -2.60. The molecule has 0 bridgehead atoms. The predicted molar refractivity (Wildman–Crippen MR) is 224 cm³/mol. The van der Waals surface area contributed by atoms with Crippen LogP contribution in [0.1, 0.15) is 86.5 Å². The van der Waals surface area contributed by atoms with E-state index in [4.69, 9.17) is 19.2 Å². The minimum atomic E-state index is -4.11. The minimum Gasteiger partial charge on any atom is -0.497 e. The zero-order valence-electron chi connectivity index (χ0n) is 35.0. The lowest BCUT2D eigenvalue weighted by Gasteiger charge is -2.36. The fourth-order valence-corrected chi connectivity index (χ4v) is 9.35. The van der Waals surface area contributed by atoms with E-state index in [1.165, 1.54) is 4.90 Å². The molecule has 5 amide bonds. The van der Waals surface area contributed by atoms with Crippen molar-refractivity contribution >= 4 is 44.9 Å². The first-order chi connectivity index (χ1) is 27.8. The molecule has 2 heterocycles. The lowest BCUT2D eigenvalue weighted by atomic mass is 9.85. The van der Waals surface area contributed by atoms with Crippen molar-refractivity contribution in [3.05, 3.63) is 67.3 Å². The third-order valence-corrected chi connectivity index (χ3v) is 12.9. The summed E-state index contributed by atoms with van der Waals surface area (Å²) >= 11 is 0. The molecule has 3 aliphatic rings. The number of benzene rings is 2. The van der Waals surface area contributed by atoms with E-state index in [9.17, 15) is 27.6 Å². The fraction of sp³-hybridized carbons (Fsp3) is 0.523. The van der Waals surface area contributed by atoms with E-state index in [0.717, 1.165) is 29.7 Å². The molecule has 318 valence electrons. The van der Waals surface area contributed by atoms with Gasteiger partial charge in [0.2, 0.25) is 15.9 Å². The van der Waals surface area contributed by atoms with Gasteiger partial charge in [0.25, 0.3) is 5.91 Å². The fourth-order valence-electron chi connectivity index (χ4n) is 7.89. The maximum absolute atomic E-state index is 15.0. The van der Waals surface area contributed by atoms with Gasteiger partial charge >= 0.3 is 12.1 Å². The quantitative estimate of drug-likeness (QED) is 0.192. The molecule has 5 atom stereocenters. The Kier molecular flexibility index (Phi) is 12.6. The molecule has 3 aromatic rings. The predicted octanol–water partition coefficient (Wildman–Crippen LogP) is 6.97. The highest BCUT2D eigenvalue weighted by molar-refractivity contribution is 7.90. The van der Waals surface area contributed by atoms with Crippen LogP contribution in [0.3, 0.4) is 0 Å². The summed E-state index contributed by atoms with van der Waals surface area (Å²) in [5.41, 5.74) is 0.348. The van der Waals surface area contributed by atoms with Crippen LogP contribution in [-0.2, 0) is 24.3 Å². The number of sulfonamides is 1. The van der Waals surface area contributed by atoms with Gasteiger partial charge < -0.3 is 24.4 Å². The monoisotopic (exact) mass is 831 g/mol. The molecule has 0 radical (unpaired) electrons. The molecular weight excluding hydrogens is 775 g/mol. The zero-order chi connectivity index (χ0) is 42.9. The first-order valence-corrected chi connectivity index (χ1v) is 21.9. The van der Waals surface area contributed by atoms with Crippen LogP contribution in [0.15, 0.2) is 67.3 Å². The van der Waals surface area contributed by atoms with Crippen molar-refractivity contribution in [3.8, 4) is 22.8 Å². The number of likely N-dealkylation sites (tertiary alicyclic amines) is 1. The van der Waals surface area contributed by atoms with Crippen molar-refractivity contribution in [2.75, 3.05) is 13.7 Å². The smallest absolute Gasteiger partial charge is 0.408 e. The van der Waals surface area contributed by atoms with Crippen LogP contribution in [-0.4, -0.2) is 95.9 Å². The molecule has 59 heavy (non-hydrogen) atoms. The lowest BCUT2D eigenvalue weighted by molar-refractivity contribution is -0.145. The van der Waals surface area contributed by atoms with Gasteiger partial charge in [0, 0.05) is 35.5 Å². The largest absolute Gasteiger partial charge is 0.497 e. The van der Waals surface area contributed by atoms with E-state index < -0.39 is 74.5 Å². The standard InChI is InChI=1S/C44H57N5O9S/c1-9-27-22-35(27)49(41(52)47-59(54,55)31-18-14-11-15-19-31)39(50)36-24-30(26-48(36)40(51)38(43(2,3)4)46-42(53)58-44(5,6)7)57-37-25-33(28-16-12-10-13-17-28)45-34-23-29(56-8)20-21-32(34)37/h9-10,12-13,16-17,20-21,23,25,27,30-31,35-36,38H,1,11,14-15,18-19,22,24,26H2,2-8H3,(H,46,53)(H,47,52). The van der Waals surface area contributed by atoms with Gasteiger partial charge in [-0.25, -0.2) is 27.7 Å². The number of pyridine rings is 1. The van der Waals surface area contributed by atoms with E-state index in [-0.39, 0.29) is 18.9 Å². The first kappa shape index (κ1) is 43.4. The van der Waals surface area contributed by atoms with Crippen LogP contribution in [0.25, 0.3) is 22.2 Å². The number of ether oxygens (including phenoxy) is 3. The minimum absolute atomic E-state index is 0.0425. The van der Waals surface area contributed by atoms with Gasteiger partial charge in [-0.05, 0) is 63.5 Å². The second-order valence-electron chi connectivity index (χ2n) is 17.8. The first-order valence-electron chi connectivity index (χ1n) is 20.3. The van der Waals surface area contributed by atoms with Gasteiger partial charge in [-0.1, -0.05) is 76.4 Å². The number of alkyl carbamates (subject to hydrolysis) is 1. The van der Waals surface area contributed by atoms with Crippen molar-refractivity contribution in [3.63, 3.8) is 0 Å². The van der Waals surface area contributed by atoms with Crippen LogP contribution in [0, 0.1) is 11.3 Å². The van der Waals surface area contributed by atoms with E-state index >= 15 is 0 Å². The van der Waals surface area contributed by atoms with Gasteiger partial charge in [-0.3, -0.25) is 14.5 Å². The van der Waals surface area contributed by atoms with Gasteiger partial charge in [-0.15, -0.1) is 6.58 Å². The van der Waals surface area contributed by atoms with Crippen molar-refractivity contribution in [2.24, 2.45) is 11.3 Å². The van der Waals surface area contributed by atoms with Gasteiger partial charge in [0.05, 0.1) is 30.1 Å². The van der Waals surface area contributed by atoms with Crippen molar-refractivity contribution < 1.29 is 41.8 Å². The van der Waals surface area contributed by atoms with Crippen LogP contribution in [0.2, 0.25) is 0 Å². The van der Waals surface area contributed by atoms with Crippen LogP contribution in [0.4, 0.5) is 9.59 Å². The summed E-state index contributed by atoms with van der Waals surface area (Å²) in [7, 11) is -2.54. The Morgan fingerprint density at radius 3 is 2.27 bits per heavy atom. The number of fused-ring (bicyclic) bond motifs is 1. The molecule has 14 nitrogen and oxygen atoms in total. The Labute approximate surface area is 347 Å². The highest BCUT2D eigenvalue weighted by Gasteiger charge is 2.53. The molecule has 2 aliphatic carbocycles. The molecule has 1 saturated heterocycles. The zero-order valence-corrected chi connectivity index (χ0v) is 35.8. The third kappa shape index (κ3) is 10.2. The number of urea groups is 1. The van der Waals surface area contributed by atoms with Crippen LogP contribution < -0.4 is 19.5 Å². The topological polar surface area (TPSA) is 174 Å². The second kappa shape index (κ2) is 17.2. The molecule has 2 N–H and O–H groups in total. The van der Waals surface area contributed by atoms with E-state index in [1.807, 2.05) is 42.5 Å². The third-order valence-electron chi connectivity index (χ3n) is 11.1. The van der Waals surface area contributed by atoms with Gasteiger partial charge in [-0.2, -0.15) is 0 Å². The van der Waals surface area contributed by atoms with E-state index in [2.05, 4.69) is 16.6 Å². The number of hydrogen-bond donors (Lipinski definition) is 2. The molecule has 5 unspecified atom stereocenters. The Balaban J connectivity index is 1.38. The molecule has 3 fully saturated rings. The number of amides is 5. The second-order valence-corrected chi connectivity index (χ2v) is 19.8. The van der Waals surface area contributed by atoms with Crippen molar-refractivity contribution in [1.29, 1.82) is 0 Å². The summed E-state index contributed by atoms with van der Waals surface area (Å²) in [6.45, 7) is 14.2. The number of methoxy groups -OCH3 is 1. The molecule has 2 aromatic carbocycles. The summed E-state index contributed by atoms with van der Waals surface area (Å²) in [6, 6.07) is 12.6. The summed E-state index contributed by atoms with van der Waals surface area (Å²) in [4.78, 5) is 64.2. The van der Waals surface area contributed by atoms with E-state index in [0.29, 0.717) is 47.4 Å². The molecule has 6 rings (SSSR count). The van der Waals surface area contributed by atoms with Crippen LogP contribution >= 0.6 is 0 Å². The molecular formula is C44H57N5O9S. The number of carbonyl (C=O) groups is 4. The summed E-state index contributed by atoms with van der Waals surface area (Å²) in [5, 5.41) is 2.65. The Morgan fingerprint density at radius 2 is 1.66 bits per heavy atom. The summed E-state index contributed by atoms with van der Waals surface area (Å²) in [6.07, 6.45) is 3.59. The number of imide groups is 1. The Morgan fingerprint density at radius 1 is 0.966 bits per heavy atom. The average Bonchev–Trinajstić information content (AvgIpc) is 3.83. The average molecular weight is 832 g/mol. The summed E-state index contributed by atoms with van der Waals surface area (Å²) < 4.78 is 47.0. The number of rotatable bonds is 11.